The molecule has 3 nitrogen and oxygen atoms in total. The second kappa shape index (κ2) is 7.85. The highest BCUT2D eigenvalue weighted by Crippen LogP contribution is 2.36. The minimum Gasteiger partial charge on any atom is -0.372 e. The molecule has 0 spiro atoms. The molecule has 0 aromatic heterocycles. The fourth-order valence-corrected chi connectivity index (χ4v) is 4.09. The third-order valence-electron chi connectivity index (χ3n) is 4.13. The summed E-state index contributed by atoms with van der Waals surface area (Å²) in [6.07, 6.45) is 1.91. The Hall–Kier alpha value is -2.11. The molecule has 0 bridgehead atoms. The third kappa shape index (κ3) is 3.78. The van der Waals surface area contributed by atoms with Crippen molar-refractivity contribution in [1.29, 1.82) is 0 Å². The fraction of sp³-hybridized carbons (Fsp3) is 0.200. The zero-order valence-electron chi connectivity index (χ0n) is 14.3. The number of rotatable bonds is 5. The maximum absolute atomic E-state index is 12.7. The van der Waals surface area contributed by atoms with Crippen LogP contribution in [0.15, 0.2) is 59.5 Å². The molecule has 128 valence electrons. The minimum atomic E-state index is -0.0611. The molecule has 1 aliphatic rings. The van der Waals surface area contributed by atoms with Gasteiger partial charge >= 0.3 is 0 Å². The van der Waals surface area contributed by atoms with Crippen LogP contribution in [-0.2, 0) is 4.79 Å². The van der Waals surface area contributed by atoms with Gasteiger partial charge in [0.1, 0.15) is 0 Å². The number of benzene rings is 2. The van der Waals surface area contributed by atoms with E-state index in [1.807, 2.05) is 48.5 Å². The maximum Gasteiger partial charge on any atom is 0.270 e. The fourth-order valence-electron chi connectivity index (χ4n) is 2.79. The van der Waals surface area contributed by atoms with Crippen molar-refractivity contribution in [2.24, 2.45) is 0 Å². The number of thioether (sulfide) groups is 1. The highest BCUT2D eigenvalue weighted by molar-refractivity contribution is 8.27. The quantitative estimate of drug-likeness (QED) is 0.551. The lowest BCUT2D eigenvalue weighted by molar-refractivity contribution is -0.113. The molecule has 0 N–H and O–H groups in total. The van der Waals surface area contributed by atoms with Crippen LogP contribution < -0.4 is 9.80 Å². The van der Waals surface area contributed by atoms with Crippen LogP contribution in [0.25, 0.3) is 6.08 Å². The first-order valence-electron chi connectivity index (χ1n) is 8.32. The van der Waals surface area contributed by atoms with Gasteiger partial charge in [-0.2, -0.15) is 0 Å². The van der Waals surface area contributed by atoms with Crippen molar-refractivity contribution in [3.8, 4) is 0 Å². The number of hydrogen-bond acceptors (Lipinski definition) is 4. The highest BCUT2D eigenvalue weighted by atomic mass is 32.2. The first-order chi connectivity index (χ1) is 12.1. The van der Waals surface area contributed by atoms with Gasteiger partial charge in [-0.25, -0.2) is 0 Å². The predicted molar refractivity (Wildman–Crippen MR) is 112 cm³/mol. The standard InChI is InChI=1S/C20H20N2OS2/c1-3-21(4-2)16-12-10-15(11-13-16)14-18-19(23)22(20(24)25-18)17-8-6-5-7-9-17/h5-14H,3-4H2,1-2H3/b18-14+. The average molecular weight is 369 g/mol. The maximum atomic E-state index is 12.7. The van der Waals surface area contributed by atoms with Gasteiger partial charge in [-0.1, -0.05) is 54.3 Å². The summed E-state index contributed by atoms with van der Waals surface area (Å²) in [5, 5.41) is 0. The molecule has 1 aliphatic heterocycles. The largest absolute Gasteiger partial charge is 0.372 e. The van der Waals surface area contributed by atoms with Gasteiger partial charge in [-0.05, 0) is 49.8 Å². The van der Waals surface area contributed by atoms with Crippen LogP contribution in [0.5, 0.6) is 0 Å². The topological polar surface area (TPSA) is 23.6 Å². The van der Waals surface area contributed by atoms with E-state index in [1.165, 1.54) is 17.4 Å². The van der Waals surface area contributed by atoms with Crippen molar-refractivity contribution in [1.82, 2.24) is 0 Å². The van der Waals surface area contributed by atoms with Gasteiger partial charge in [-0.3, -0.25) is 9.69 Å². The number of carbonyl (C=O) groups is 1. The summed E-state index contributed by atoms with van der Waals surface area (Å²) < 4.78 is 0.571. The Morgan fingerprint density at radius 2 is 1.68 bits per heavy atom. The summed E-state index contributed by atoms with van der Waals surface area (Å²) in [4.78, 5) is 17.3. The van der Waals surface area contributed by atoms with E-state index in [4.69, 9.17) is 12.2 Å². The molecule has 2 aromatic rings. The number of thiocarbonyl (C=S) groups is 1. The number of amides is 1. The Balaban J connectivity index is 1.82. The molecule has 1 amide bonds. The second-order valence-electron chi connectivity index (χ2n) is 5.62. The molecule has 2 aromatic carbocycles. The van der Waals surface area contributed by atoms with E-state index in [9.17, 15) is 4.79 Å². The van der Waals surface area contributed by atoms with Crippen molar-refractivity contribution in [2.75, 3.05) is 22.9 Å². The third-order valence-corrected chi connectivity index (χ3v) is 5.43. The van der Waals surface area contributed by atoms with Crippen LogP contribution in [0.2, 0.25) is 0 Å². The molecular weight excluding hydrogens is 348 g/mol. The van der Waals surface area contributed by atoms with Gasteiger partial charge in [0, 0.05) is 18.8 Å². The lowest BCUT2D eigenvalue weighted by atomic mass is 10.1. The summed E-state index contributed by atoms with van der Waals surface area (Å²) in [6, 6.07) is 17.8. The van der Waals surface area contributed by atoms with E-state index >= 15 is 0 Å². The van der Waals surface area contributed by atoms with Crippen LogP contribution in [0, 0.1) is 0 Å². The normalized spacial score (nSPS) is 15.9. The summed E-state index contributed by atoms with van der Waals surface area (Å²) in [5.41, 5.74) is 3.01. The van der Waals surface area contributed by atoms with E-state index < -0.39 is 0 Å². The minimum absolute atomic E-state index is 0.0611. The van der Waals surface area contributed by atoms with Crippen LogP contribution >= 0.6 is 24.0 Å². The monoisotopic (exact) mass is 368 g/mol. The molecule has 1 saturated heterocycles. The van der Waals surface area contributed by atoms with Crippen LogP contribution in [0.3, 0.4) is 0 Å². The van der Waals surface area contributed by atoms with E-state index in [-0.39, 0.29) is 5.91 Å². The second-order valence-corrected chi connectivity index (χ2v) is 7.29. The smallest absolute Gasteiger partial charge is 0.270 e. The Morgan fingerprint density at radius 1 is 1.04 bits per heavy atom. The summed E-state index contributed by atoms with van der Waals surface area (Å²) >= 11 is 6.75. The number of anilines is 2. The Kier molecular flexibility index (Phi) is 5.56. The molecule has 0 atom stereocenters. The number of hydrogen-bond donors (Lipinski definition) is 0. The van der Waals surface area contributed by atoms with Gasteiger partial charge < -0.3 is 4.90 Å². The van der Waals surface area contributed by atoms with E-state index in [0.717, 1.165) is 24.3 Å². The molecule has 1 fully saturated rings. The molecular formula is C20H20N2OS2. The van der Waals surface area contributed by atoms with Crippen molar-refractivity contribution in [3.63, 3.8) is 0 Å². The Bertz CT molecular complexity index is 796. The van der Waals surface area contributed by atoms with Crippen LogP contribution in [0.4, 0.5) is 11.4 Å². The number of carbonyl (C=O) groups excluding carboxylic acids is 1. The molecule has 0 radical (unpaired) electrons. The molecule has 3 rings (SSSR count). The molecule has 0 unspecified atom stereocenters. The van der Waals surface area contributed by atoms with Crippen LogP contribution in [0.1, 0.15) is 19.4 Å². The van der Waals surface area contributed by atoms with E-state index in [1.54, 1.807) is 4.90 Å². The molecule has 0 saturated carbocycles. The van der Waals surface area contributed by atoms with Crippen molar-refractivity contribution < 1.29 is 4.79 Å². The van der Waals surface area contributed by atoms with Gasteiger partial charge in [0.25, 0.3) is 5.91 Å². The zero-order valence-corrected chi connectivity index (χ0v) is 15.9. The SMILES string of the molecule is CCN(CC)c1ccc(/C=C2/SC(=S)N(c3ccccc3)C2=O)cc1. The van der Waals surface area contributed by atoms with E-state index in [2.05, 4.69) is 30.9 Å². The Morgan fingerprint density at radius 3 is 2.28 bits per heavy atom. The number of para-hydroxylation sites is 1. The molecule has 5 heteroatoms. The van der Waals surface area contributed by atoms with Crippen molar-refractivity contribution in [2.45, 2.75) is 13.8 Å². The lowest BCUT2D eigenvalue weighted by Gasteiger charge is -2.20. The van der Waals surface area contributed by atoms with Crippen molar-refractivity contribution >= 4 is 51.7 Å². The lowest BCUT2D eigenvalue weighted by Crippen LogP contribution is -2.27. The zero-order chi connectivity index (χ0) is 17.8. The van der Waals surface area contributed by atoms with Crippen molar-refractivity contribution in [3.05, 3.63) is 65.1 Å². The first kappa shape index (κ1) is 17.7. The summed E-state index contributed by atoms with van der Waals surface area (Å²) in [7, 11) is 0. The van der Waals surface area contributed by atoms with Gasteiger partial charge in [0.2, 0.25) is 0 Å². The molecule has 25 heavy (non-hydrogen) atoms. The Labute approximate surface area is 158 Å². The highest BCUT2D eigenvalue weighted by Gasteiger charge is 2.33. The van der Waals surface area contributed by atoms with Gasteiger partial charge in [0.05, 0.1) is 10.6 Å². The first-order valence-corrected chi connectivity index (χ1v) is 9.54. The van der Waals surface area contributed by atoms with Crippen LogP contribution in [-0.4, -0.2) is 23.3 Å². The van der Waals surface area contributed by atoms with E-state index in [0.29, 0.717) is 9.23 Å². The van der Waals surface area contributed by atoms with Gasteiger partial charge in [-0.15, -0.1) is 0 Å². The number of nitrogens with zero attached hydrogens (tertiary/aromatic N) is 2. The summed E-state index contributed by atoms with van der Waals surface area (Å²) in [5.74, 6) is -0.0611. The predicted octanol–water partition coefficient (Wildman–Crippen LogP) is 4.94. The molecule has 1 heterocycles. The van der Waals surface area contributed by atoms with Gasteiger partial charge in [0.15, 0.2) is 4.32 Å². The molecule has 0 aliphatic carbocycles. The average Bonchev–Trinajstić information content (AvgIpc) is 2.91. The summed E-state index contributed by atoms with van der Waals surface area (Å²) in [6.45, 7) is 6.25.